The van der Waals surface area contributed by atoms with Gasteiger partial charge in [0.05, 0.1) is 10.7 Å². The molecule has 21 heavy (non-hydrogen) atoms. The van der Waals surface area contributed by atoms with Gasteiger partial charge in [0, 0.05) is 22.8 Å². The molecule has 104 valence electrons. The zero-order chi connectivity index (χ0) is 14.7. The van der Waals surface area contributed by atoms with E-state index in [1.807, 2.05) is 36.6 Å². The summed E-state index contributed by atoms with van der Waals surface area (Å²) in [6.07, 6.45) is 1.60. The molecule has 1 aromatic carbocycles. The van der Waals surface area contributed by atoms with Crippen molar-refractivity contribution in [1.29, 1.82) is 0 Å². The van der Waals surface area contributed by atoms with Crippen molar-refractivity contribution < 1.29 is 4.79 Å². The number of amides is 1. The van der Waals surface area contributed by atoms with Crippen LogP contribution in [0.15, 0.2) is 54.0 Å². The van der Waals surface area contributed by atoms with Gasteiger partial charge >= 0.3 is 0 Å². The van der Waals surface area contributed by atoms with E-state index in [-0.39, 0.29) is 5.91 Å². The minimum atomic E-state index is -0.220. The van der Waals surface area contributed by atoms with Gasteiger partial charge in [0.25, 0.3) is 5.91 Å². The standard InChI is InChI=1S/C16H13N3OS/c1-11-18-15(10-21-11)12-5-4-6-13(9-12)19-16(20)14-7-2-3-8-17-14/h2-10H,1H3,(H,19,20). The van der Waals surface area contributed by atoms with Crippen LogP contribution in [0.2, 0.25) is 0 Å². The fraction of sp³-hybridized carbons (Fsp3) is 0.0625. The second-order valence-corrected chi connectivity index (χ2v) is 5.56. The van der Waals surface area contributed by atoms with Gasteiger partial charge in [-0.05, 0) is 31.2 Å². The van der Waals surface area contributed by atoms with Gasteiger partial charge in [0.15, 0.2) is 0 Å². The summed E-state index contributed by atoms with van der Waals surface area (Å²) in [5, 5.41) is 5.88. The average Bonchev–Trinajstić information content (AvgIpc) is 2.95. The largest absolute Gasteiger partial charge is 0.321 e. The molecule has 0 radical (unpaired) electrons. The Balaban J connectivity index is 1.82. The number of aromatic nitrogens is 2. The number of carbonyl (C=O) groups excluding carboxylic acids is 1. The molecule has 3 rings (SSSR count). The average molecular weight is 295 g/mol. The van der Waals surface area contributed by atoms with Crippen molar-refractivity contribution in [1.82, 2.24) is 9.97 Å². The summed E-state index contributed by atoms with van der Waals surface area (Å²) in [7, 11) is 0. The van der Waals surface area contributed by atoms with Crippen LogP contribution in [0, 0.1) is 6.92 Å². The van der Waals surface area contributed by atoms with E-state index in [0.717, 1.165) is 22.0 Å². The second-order valence-electron chi connectivity index (χ2n) is 4.50. The molecule has 2 heterocycles. The number of aryl methyl sites for hydroxylation is 1. The lowest BCUT2D eigenvalue weighted by atomic mass is 10.1. The van der Waals surface area contributed by atoms with Gasteiger partial charge in [-0.25, -0.2) is 4.98 Å². The van der Waals surface area contributed by atoms with Crippen LogP contribution in [0.25, 0.3) is 11.3 Å². The van der Waals surface area contributed by atoms with Crippen LogP contribution in [-0.4, -0.2) is 15.9 Å². The number of hydrogen-bond donors (Lipinski definition) is 1. The van der Waals surface area contributed by atoms with Crippen LogP contribution in [0.3, 0.4) is 0 Å². The first-order valence-corrected chi connectivity index (χ1v) is 7.35. The Labute approximate surface area is 126 Å². The van der Waals surface area contributed by atoms with E-state index >= 15 is 0 Å². The third kappa shape index (κ3) is 3.14. The van der Waals surface area contributed by atoms with Gasteiger partial charge in [-0.2, -0.15) is 0 Å². The molecule has 0 aliphatic heterocycles. The Morgan fingerprint density at radius 2 is 2.10 bits per heavy atom. The first kappa shape index (κ1) is 13.5. The van der Waals surface area contributed by atoms with Crippen LogP contribution in [0.4, 0.5) is 5.69 Å². The van der Waals surface area contributed by atoms with Crippen molar-refractivity contribution in [3.8, 4) is 11.3 Å². The van der Waals surface area contributed by atoms with Crippen LogP contribution < -0.4 is 5.32 Å². The van der Waals surface area contributed by atoms with Gasteiger partial charge < -0.3 is 5.32 Å². The Kier molecular flexibility index (Phi) is 3.75. The predicted octanol–water partition coefficient (Wildman–Crippen LogP) is 3.77. The third-order valence-electron chi connectivity index (χ3n) is 2.93. The normalized spacial score (nSPS) is 10.3. The first-order chi connectivity index (χ1) is 10.2. The summed E-state index contributed by atoms with van der Waals surface area (Å²) in [6.45, 7) is 1.97. The zero-order valence-electron chi connectivity index (χ0n) is 11.4. The highest BCUT2D eigenvalue weighted by Gasteiger charge is 2.08. The van der Waals surface area contributed by atoms with E-state index in [1.54, 1.807) is 35.7 Å². The van der Waals surface area contributed by atoms with Crippen molar-refractivity contribution in [2.75, 3.05) is 5.32 Å². The molecule has 0 aliphatic rings. The highest BCUT2D eigenvalue weighted by molar-refractivity contribution is 7.09. The number of nitrogens with one attached hydrogen (secondary N) is 1. The Morgan fingerprint density at radius 3 is 2.81 bits per heavy atom. The molecule has 0 saturated heterocycles. The molecule has 0 atom stereocenters. The first-order valence-electron chi connectivity index (χ1n) is 6.47. The summed E-state index contributed by atoms with van der Waals surface area (Å²) in [5.41, 5.74) is 3.03. The predicted molar refractivity (Wildman–Crippen MR) is 84.5 cm³/mol. The van der Waals surface area contributed by atoms with Gasteiger partial charge in [-0.3, -0.25) is 9.78 Å². The fourth-order valence-electron chi connectivity index (χ4n) is 1.94. The Hall–Kier alpha value is -2.53. The molecule has 0 aliphatic carbocycles. The van der Waals surface area contributed by atoms with Gasteiger partial charge in [0.2, 0.25) is 0 Å². The highest BCUT2D eigenvalue weighted by atomic mass is 32.1. The van der Waals surface area contributed by atoms with E-state index in [1.165, 1.54) is 0 Å². The Morgan fingerprint density at radius 1 is 1.19 bits per heavy atom. The van der Waals surface area contributed by atoms with E-state index < -0.39 is 0 Å². The minimum absolute atomic E-state index is 0.220. The molecule has 2 aromatic heterocycles. The molecule has 0 spiro atoms. The zero-order valence-corrected chi connectivity index (χ0v) is 12.2. The molecular formula is C16H13N3OS. The van der Waals surface area contributed by atoms with Crippen LogP contribution in [0.1, 0.15) is 15.5 Å². The van der Waals surface area contributed by atoms with Crippen molar-refractivity contribution in [3.63, 3.8) is 0 Å². The molecule has 0 saturated carbocycles. The number of pyridine rings is 1. The SMILES string of the molecule is Cc1nc(-c2cccc(NC(=O)c3ccccn3)c2)cs1. The van der Waals surface area contributed by atoms with E-state index in [2.05, 4.69) is 15.3 Å². The second kappa shape index (κ2) is 5.85. The number of rotatable bonds is 3. The van der Waals surface area contributed by atoms with Gasteiger partial charge in [-0.15, -0.1) is 11.3 Å². The molecular weight excluding hydrogens is 282 g/mol. The van der Waals surface area contributed by atoms with Crippen LogP contribution in [0.5, 0.6) is 0 Å². The number of benzene rings is 1. The van der Waals surface area contributed by atoms with Gasteiger partial charge in [0.1, 0.15) is 5.69 Å². The molecule has 0 bridgehead atoms. The molecule has 3 aromatic rings. The van der Waals surface area contributed by atoms with Crippen molar-refractivity contribution >= 4 is 22.9 Å². The van der Waals surface area contributed by atoms with Crippen LogP contribution in [-0.2, 0) is 0 Å². The molecule has 4 nitrogen and oxygen atoms in total. The smallest absolute Gasteiger partial charge is 0.274 e. The number of anilines is 1. The summed E-state index contributed by atoms with van der Waals surface area (Å²) >= 11 is 1.61. The van der Waals surface area contributed by atoms with Crippen molar-refractivity contribution in [2.24, 2.45) is 0 Å². The molecule has 0 unspecified atom stereocenters. The lowest BCUT2D eigenvalue weighted by molar-refractivity contribution is 0.102. The lowest BCUT2D eigenvalue weighted by Crippen LogP contribution is -2.13. The van der Waals surface area contributed by atoms with Crippen molar-refractivity contribution in [3.05, 3.63) is 64.7 Å². The Bertz CT molecular complexity index is 768. The molecule has 5 heteroatoms. The maximum absolute atomic E-state index is 12.1. The maximum Gasteiger partial charge on any atom is 0.274 e. The lowest BCUT2D eigenvalue weighted by Gasteiger charge is -2.06. The molecule has 1 amide bonds. The number of nitrogens with zero attached hydrogens (tertiary/aromatic N) is 2. The topological polar surface area (TPSA) is 54.9 Å². The van der Waals surface area contributed by atoms with Crippen LogP contribution >= 0.6 is 11.3 Å². The summed E-state index contributed by atoms with van der Waals surface area (Å²) in [6, 6.07) is 12.9. The quantitative estimate of drug-likeness (QED) is 0.800. The number of carbonyl (C=O) groups is 1. The number of hydrogen-bond acceptors (Lipinski definition) is 4. The fourth-order valence-corrected chi connectivity index (χ4v) is 2.57. The molecule has 1 N–H and O–H groups in total. The highest BCUT2D eigenvalue weighted by Crippen LogP contribution is 2.24. The third-order valence-corrected chi connectivity index (χ3v) is 3.71. The van der Waals surface area contributed by atoms with Gasteiger partial charge in [-0.1, -0.05) is 18.2 Å². The summed E-state index contributed by atoms with van der Waals surface area (Å²) in [4.78, 5) is 20.6. The monoisotopic (exact) mass is 295 g/mol. The van der Waals surface area contributed by atoms with E-state index in [9.17, 15) is 4.79 Å². The summed E-state index contributed by atoms with van der Waals surface area (Å²) in [5.74, 6) is -0.220. The molecule has 0 fully saturated rings. The minimum Gasteiger partial charge on any atom is -0.321 e. The maximum atomic E-state index is 12.1. The van der Waals surface area contributed by atoms with Crippen molar-refractivity contribution in [2.45, 2.75) is 6.92 Å². The van der Waals surface area contributed by atoms with E-state index in [0.29, 0.717) is 5.69 Å². The van der Waals surface area contributed by atoms with E-state index in [4.69, 9.17) is 0 Å². The number of thiazole rings is 1. The summed E-state index contributed by atoms with van der Waals surface area (Å²) < 4.78 is 0.